The minimum Gasteiger partial charge on any atom is -0.311 e. The Morgan fingerprint density at radius 2 is 2.00 bits per heavy atom. The molecule has 96 valence electrons. The summed E-state index contributed by atoms with van der Waals surface area (Å²) in [4.78, 5) is 6.51. The zero-order chi connectivity index (χ0) is 13.0. The third-order valence-electron chi connectivity index (χ3n) is 3.39. The molecule has 0 radical (unpaired) electrons. The van der Waals surface area contributed by atoms with Gasteiger partial charge in [0.15, 0.2) is 0 Å². The second-order valence-corrected chi connectivity index (χ2v) is 4.96. The molecule has 0 aliphatic rings. The van der Waals surface area contributed by atoms with Crippen LogP contribution in [0.1, 0.15) is 12.5 Å². The second-order valence-electron chi connectivity index (χ2n) is 4.96. The van der Waals surface area contributed by atoms with Crippen molar-refractivity contribution in [1.82, 2.24) is 15.2 Å². The van der Waals surface area contributed by atoms with Crippen LogP contribution in [0, 0.1) is 0 Å². The summed E-state index contributed by atoms with van der Waals surface area (Å²) in [6, 6.07) is 8.93. The standard InChI is InChI=1S/C15H21N3/c1-12(18(2)3)8-16-10-14-11-17-9-13-6-4-5-7-15(13)14/h4-7,9,11-12,16H,8,10H2,1-3H3. The van der Waals surface area contributed by atoms with E-state index in [9.17, 15) is 0 Å². The summed E-state index contributed by atoms with van der Waals surface area (Å²) in [7, 11) is 4.21. The highest BCUT2D eigenvalue weighted by molar-refractivity contribution is 5.84. The molecular formula is C15H21N3. The Kier molecular flexibility index (Phi) is 4.28. The first-order valence-electron chi connectivity index (χ1n) is 6.37. The van der Waals surface area contributed by atoms with Gasteiger partial charge in [-0.15, -0.1) is 0 Å². The fourth-order valence-corrected chi connectivity index (χ4v) is 1.92. The Labute approximate surface area is 109 Å². The topological polar surface area (TPSA) is 28.2 Å². The first-order valence-corrected chi connectivity index (χ1v) is 6.37. The van der Waals surface area contributed by atoms with Gasteiger partial charge >= 0.3 is 0 Å². The van der Waals surface area contributed by atoms with Crippen molar-refractivity contribution in [2.45, 2.75) is 19.5 Å². The molecule has 1 heterocycles. The normalized spacial score (nSPS) is 13.1. The van der Waals surface area contributed by atoms with Crippen molar-refractivity contribution in [3.05, 3.63) is 42.2 Å². The lowest BCUT2D eigenvalue weighted by Crippen LogP contribution is -2.35. The predicted molar refractivity (Wildman–Crippen MR) is 76.6 cm³/mol. The van der Waals surface area contributed by atoms with Gasteiger partial charge in [-0.05, 0) is 32.0 Å². The summed E-state index contributed by atoms with van der Waals surface area (Å²) in [5.41, 5.74) is 1.26. The van der Waals surface area contributed by atoms with Gasteiger partial charge < -0.3 is 10.2 Å². The molecule has 1 atom stereocenters. The van der Waals surface area contributed by atoms with E-state index in [4.69, 9.17) is 0 Å². The Morgan fingerprint density at radius 1 is 1.22 bits per heavy atom. The minimum absolute atomic E-state index is 0.535. The van der Waals surface area contributed by atoms with Crippen molar-refractivity contribution in [2.75, 3.05) is 20.6 Å². The summed E-state index contributed by atoms with van der Waals surface area (Å²) in [6.07, 6.45) is 3.87. The molecule has 0 amide bonds. The average Bonchev–Trinajstić information content (AvgIpc) is 2.38. The average molecular weight is 243 g/mol. The molecule has 2 rings (SSSR count). The Morgan fingerprint density at radius 3 is 2.78 bits per heavy atom. The van der Waals surface area contributed by atoms with Crippen LogP contribution in [0.4, 0.5) is 0 Å². The van der Waals surface area contributed by atoms with Crippen molar-refractivity contribution in [3.63, 3.8) is 0 Å². The van der Waals surface area contributed by atoms with Gasteiger partial charge in [0.2, 0.25) is 0 Å². The number of nitrogens with zero attached hydrogens (tertiary/aromatic N) is 2. The molecule has 1 unspecified atom stereocenters. The number of hydrogen-bond acceptors (Lipinski definition) is 3. The molecule has 0 saturated carbocycles. The minimum atomic E-state index is 0.535. The zero-order valence-electron chi connectivity index (χ0n) is 11.4. The van der Waals surface area contributed by atoms with Crippen LogP contribution in [0.15, 0.2) is 36.7 Å². The molecule has 0 spiro atoms. The highest BCUT2D eigenvalue weighted by Gasteiger charge is 2.05. The van der Waals surface area contributed by atoms with E-state index in [0.29, 0.717) is 6.04 Å². The van der Waals surface area contributed by atoms with Gasteiger partial charge in [-0.3, -0.25) is 4.98 Å². The van der Waals surface area contributed by atoms with Gasteiger partial charge in [-0.1, -0.05) is 24.3 Å². The number of likely N-dealkylation sites (N-methyl/N-ethyl adjacent to an activating group) is 1. The maximum Gasteiger partial charge on any atom is 0.0346 e. The maximum atomic E-state index is 4.30. The molecule has 2 aromatic rings. The SMILES string of the molecule is CC(CNCc1cncc2ccccc12)N(C)C. The second kappa shape index (κ2) is 5.94. The van der Waals surface area contributed by atoms with E-state index >= 15 is 0 Å². The zero-order valence-corrected chi connectivity index (χ0v) is 11.4. The van der Waals surface area contributed by atoms with Gasteiger partial charge in [0.1, 0.15) is 0 Å². The van der Waals surface area contributed by atoms with E-state index in [1.165, 1.54) is 16.3 Å². The quantitative estimate of drug-likeness (QED) is 0.873. The fraction of sp³-hybridized carbons (Fsp3) is 0.400. The largest absolute Gasteiger partial charge is 0.311 e. The van der Waals surface area contributed by atoms with Crippen molar-refractivity contribution >= 4 is 10.8 Å². The van der Waals surface area contributed by atoms with Gasteiger partial charge in [0.05, 0.1) is 0 Å². The van der Waals surface area contributed by atoms with Gasteiger partial charge in [0, 0.05) is 36.9 Å². The Balaban J connectivity index is 2.04. The summed E-state index contributed by atoms with van der Waals surface area (Å²) >= 11 is 0. The van der Waals surface area contributed by atoms with E-state index in [1.54, 1.807) is 0 Å². The van der Waals surface area contributed by atoms with Crippen molar-refractivity contribution in [3.8, 4) is 0 Å². The van der Waals surface area contributed by atoms with E-state index in [2.05, 4.69) is 60.5 Å². The first kappa shape index (κ1) is 13.0. The van der Waals surface area contributed by atoms with Crippen LogP contribution >= 0.6 is 0 Å². The summed E-state index contributed by atoms with van der Waals surface area (Å²) < 4.78 is 0. The monoisotopic (exact) mass is 243 g/mol. The lowest BCUT2D eigenvalue weighted by Gasteiger charge is -2.20. The fourth-order valence-electron chi connectivity index (χ4n) is 1.92. The molecular weight excluding hydrogens is 222 g/mol. The molecule has 1 aromatic carbocycles. The van der Waals surface area contributed by atoms with Crippen molar-refractivity contribution in [2.24, 2.45) is 0 Å². The molecule has 0 saturated heterocycles. The van der Waals surface area contributed by atoms with E-state index in [-0.39, 0.29) is 0 Å². The Bertz CT molecular complexity index is 503. The number of hydrogen-bond donors (Lipinski definition) is 1. The van der Waals surface area contributed by atoms with Crippen molar-refractivity contribution < 1.29 is 0 Å². The lowest BCUT2D eigenvalue weighted by molar-refractivity contribution is 0.303. The Hall–Kier alpha value is -1.45. The number of pyridine rings is 1. The van der Waals surface area contributed by atoms with Crippen LogP contribution < -0.4 is 5.32 Å². The summed E-state index contributed by atoms with van der Waals surface area (Å²) in [5, 5.41) is 5.99. The molecule has 1 aromatic heterocycles. The third-order valence-corrected chi connectivity index (χ3v) is 3.39. The summed E-state index contributed by atoms with van der Waals surface area (Å²) in [5.74, 6) is 0. The molecule has 3 nitrogen and oxygen atoms in total. The van der Waals surface area contributed by atoms with E-state index in [1.807, 2.05) is 12.4 Å². The van der Waals surface area contributed by atoms with Crippen LogP contribution in [0.3, 0.4) is 0 Å². The number of rotatable bonds is 5. The molecule has 1 N–H and O–H groups in total. The van der Waals surface area contributed by atoms with Gasteiger partial charge in [0.25, 0.3) is 0 Å². The third kappa shape index (κ3) is 3.06. The molecule has 0 fully saturated rings. The summed E-state index contributed by atoms with van der Waals surface area (Å²) in [6.45, 7) is 4.07. The van der Waals surface area contributed by atoms with E-state index < -0.39 is 0 Å². The number of benzene rings is 1. The maximum absolute atomic E-state index is 4.30. The molecule has 0 bridgehead atoms. The van der Waals surface area contributed by atoms with Crippen molar-refractivity contribution in [1.29, 1.82) is 0 Å². The van der Waals surface area contributed by atoms with Gasteiger partial charge in [-0.2, -0.15) is 0 Å². The lowest BCUT2D eigenvalue weighted by atomic mass is 10.1. The first-order chi connectivity index (χ1) is 8.68. The smallest absolute Gasteiger partial charge is 0.0346 e. The molecule has 0 aliphatic carbocycles. The van der Waals surface area contributed by atoms with Crippen LogP contribution in [0.5, 0.6) is 0 Å². The van der Waals surface area contributed by atoms with Gasteiger partial charge in [-0.25, -0.2) is 0 Å². The molecule has 0 aliphatic heterocycles. The molecule has 3 heteroatoms. The van der Waals surface area contributed by atoms with Crippen LogP contribution in [-0.2, 0) is 6.54 Å². The van der Waals surface area contributed by atoms with Crippen LogP contribution in [0.2, 0.25) is 0 Å². The number of fused-ring (bicyclic) bond motifs is 1. The number of aromatic nitrogens is 1. The number of nitrogens with one attached hydrogen (secondary N) is 1. The highest BCUT2D eigenvalue weighted by atomic mass is 15.1. The predicted octanol–water partition coefficient (Wildman–Crippen LogP) is 2.27. The highest BCUT2D eigenvalue weighted by Crippen LogP contribution is 2.16. The van der Waals surface area contributed by atoms with E-state index in [0.717, 1.165) is 13.1 Å². The van der Waals surface area contributed by atoms with Crippen LogP contribution in [-0.4, -0.2) is 36.6 Å². The molecule has 18 heavy (non-hydrogen) atoms. The van der Waals surface area contributed by atoms with Crippen LogP contribution in [0.25, 0.3) is 10.8 Å².